The van der Waals surface area contributed by atoms with Crippen molar-refractivity contribution in [3.05, 3.63) is 130 Å². The SMILES string of the molecule is CC(c1ccccc1)N1C=c2ccc3ccccc3c2=c2c(ccc3ccccc23)=C1. The molecule has 0 bridgehead atoms. The summed E-state index contributed by atoms with van der Waals surface area (Å²) in [6.45, 7) is 2.27. The Balaban J connectivity index is 1.82. The van der Waals surface area contributed by atoms with E-state index in [1.54, 1.807) is 0 Å². The van der Waals surface area contributed by atoms with Crippen LogP contribution in [-0.2, 0) is 0 Å². The molecule has 1 heterocycles. The lowest BCUT2D eigenvalue weighted by Crippen LogP contribution is -2.20. The monoisotopic (exact) mass is 397 g/mol. The molecule has 1 aliphatic rings. The molecule has 5 aromatic carbocycles. The maximum atomic E-state index is 2.36. The minimum absolute atomic E-state index is 0.234. The molecule has 0 amide bonds. The lowest BCUT2D eigenvalue weighted by Gasteiger charge is -2.24. The summed E-state index contributed by atoms with van der Waals surface area (Å²) in [5.74, 6) is 0. The summed E-state index contributed by atoms with van der Waals surface area (Å²) in [7, 11) is 0. The van der Waals surface area contributed by atoms with Crippen molar-refractivity contribution in [1.29, 1.82) is 0 Å². The molecule has 148 valence electrons. The van der Waals surface area contributed by atoms with Crippen LogP contribution in [0.4, 0.5) is 0 Å². The van der Waals surface area contributed by atoms with Crippen molar-refractivity contribution in [1.82, 2.24) is 4.90 Å². The molecule has 0 saturated heterocycles. The average molecular weight is 398 g/mol. The van der Waals surface area contributed by atoms with Crippen molar-refractivity contribution < 1.29 is 0 Å². The second-order valence-electron chi connectivity index (χ2n) is 8.29. The Labute approximate surface area is 181 Å². The van der Waals surface area contributed by atoms with Crippen LogP contribution in [0.2, 0.25) is 0 Å². The van der Waals surface area contributed by atoms with Crippen LogP contribution >= 0.6 is 0 Å². The third kappa shape index (κ3) is 2.93. The maximum absolute atomic E-state index is 2.36. The highest BCUT2D eigenvalue weighted by atomic mass is 15.1. The number of benzene rings is 5. The normalized spacial score (nSPS) is 13.6. The number of fused-ring (bicyclic) bond motifs is 6. The fourth-order valence-corrected chi connectivity index (χ4v) is 4.84. The van der Waals surface area contributed by atoms with Gasteiger partial charge in [0, 0.05) is 12.4 Å². The Morgan fingerprint density at radius 3 is 1.55 bits per heavy atom. The average Bonchev–Trinajstić information content (AvgIpc) is 3.01. The third-order valence-corrected chi connectivity index (χ3v) is 6.48. The topological polar surface area (TPSA) is 3.24 Å². The Morgan fingerprint density at radius 2 is 1.00 bits per heavy atom. The molecule has 0 N–H and O–H groups in total. The first-order valence-corrected chi connectivity index (χ1v) is 10.9. The molecule has 5 aromatic rings. The predicted molar refractivity (Wildman–Crippen MR) is 130 cm³/mol. The second kappa shape index (κ2) is 7.14. The van der Waals surface area contributed by atoms with Gasteiger partial charge in [0.2, 0.25) is 0 Å². The molecule has 0 aromatic heterocycles. The van der Waals surface area contributed by atoms with E-state index in [0.717, 1.165) is 0 Å². The van der Waals surface area contributed by atoms with Crippen molar-refractivity contribution >= 4 is 33.9 Å². The van der Waals surface area contributed by atoms with E-state index in [-0.39, 0.29) is 6.04 Å². The highest BCUT2D eigenvalue weighted by Crippen LogP contribution is 2.23. The van der Waals surface area contributed by atoms with Crippen LogP contribution < -0.4 is 10.4 Å². The highest BCUT2D eigenvalue weighted by Gasteiger charge is 2.13. The highest BCUT2D eigenvalue weighted by molar-refractivity contribution is 5.88. The smallest absolute Gasteiger partial charge is 0.0552 e. The van der Waals surface area contributed by atoms with Gasteiger partial charge in [0.1, 0.15) is 0 Å². The molecular formula is C30H23N. The summed E-state index contributed by atoms with van der Waals surface area (Å²) in [4.78, 5) is 2.36. The fourth-order valence-electron chi connectivity index (χ4n) is 4.84. The Morgan fingerprint density at radius 1 is 0.516 bits per heavy atom. The number of hydrogen-bond donors (Lipinski definition) is 0. The van der Waals surface area contributed by atoms with Crippen LogP contribution in [-0.4, -0.2) is 4.90 Å². The summed E-state index contributed by atoms with van der Waals surface area (Å²) in [6.07, 6.45) is 4.63. The molecular weight excluding hydrogens is 374 g/mol. The van der Waals surface area contributed by atoms with Gasteiger partial charge in [-0.05, 0) is 54.9 Å². The van der Waals surface area contributed by atoms with E-state index < -0.39 is 0 Å². The van der Waals surface area contributed by atoms with Gasteiger partial charge in [-0.2, -0.15) is 0 Å². The summed E-state index contributed by atoms with van der Waals surface area (Å²) in [5, 5.41) is 10.3. The molecule has 0 fully saturated rings. The summed E-state index contributed by atoms with van der Waals surface area (Å²) >= 11 is 0. The van der Waals surface area contributed by atoms with Crippen LogP contribution in [0.1, 0.15) is 18.5 Å². The van der Waals surface area contributed by atoms with Crippen molar-refractivity contribution in [2.24, 2.45) is 0 Å². The van der Waals surface area contributed by atoms with Crippen molar-refractivity contribution in [3.8, 4) is 0 Å². The Kier molecular flexibility index (Phi) is 4.14. The van der Waals surface area contributed by atoms with Gasteiger partial charge in [0.25, 0.3) is 0 Å². The van der Waals surface area contributed by atoms with Crippen LogP contribution in [0.5, 0.6) is 0 Å². The largest absolute Gasteiger partial charge is 0.346 e. The Bertz CT molecular complexity index is 1550. The summed E-state index contributed by atoms with van der Waals surface area (Å²) < 4.78 is 0. The van der Waals surface area contributed by atoms with E-state index in [0.29, 0.717) is 0 Å². The third-order valence-electron chi connectivity index (χ3n) is 6.48. The van der Waals surface area contributed by atoms with E-state index in [9.17, 15) is 0 Å². The van der Waals surface area contributed by atoms with Gasteiger partial charge >= 0.3 is 0 Å². The zero-order chi connectivity index (χ0) is 20.8. The zero-order valence-electron chi connectivity index (χ0n) is 17.5. The lowest BCUT2D eigenvalue weighted by molar-refractivity contribution is 0.470. The van der Waals surface area contributed by atoms with Crippen LogP contribution in [0.25, 0.3) is 33.9 Å². The maximum Gasteiger partial charge on any atom is 0.0552 e. The van der Waals surface area contributed by atoms with Crippen LogP contribution in [0.3, 0.4) is 0 Å². The molecule has 0 saturated carbocycles. The zero-order valence-corrected chi connectivity index (χ0v) is 17.5. The van der Waals surface area contributed by atoms with Gasteiger partial charge in [0.05, 0.1) is 6.04 Å². The van der Waals surface area contributed by atoms with Gasteiger partial charge in [-0.3, -0.25) is 0 Å². The fraction of sp³-hybridized carbons (Fsp3) is 0.0667. The first kappa shape index (κ1) is 18.0. The number of nitrogens with zero attached hydrogens (tertiary/aromatic N) is 1. The van der Waals surface area contributed by atoms with E-state index in [2.05, 4.69) is 127 Å². The van der Waals surface area contributed by atoms with Gasteiger partial charge in [-0.15, -0.1) is 0 Å². The van der Waals surface area contributed by atoms with Crippen LogP contribution in [0, 0.1) is 10.4 Å². The number of rotatable bonds is 2. The first-order chi connectivity index (χ1) is 15.3. The minimum atomic E-state index is 0.234. The summed E-state index contributed by atoms with van der Waals surface area (Å²) in [6, 6.07) is 37.4. The quantitative estimate of drug-likeness (QED) is 0.362. The van der Waals surface area contributed by atoms with Crippen molar-refractivity contribution in [3.63, 3.8) is 0 Å². The summed E-state index contributed by atoms with van der Waals surface area (Å²) in [5.41, 5.74) is 1.31. The van der Waals surface area contributed by atoms with Crippen molar-refractivity contribution in [2.45, 2.75) is 13.0 Å². The molecule has 1 nitrogen and oxygen atoms in total. The molecule has 1 unspecified atom stereocenters. The van der Waals surface area contributed by atoms with Gasteiger partial charge < -0.3 is 4.90 Å². The molecule has 1 aliphatic heterocycles. The van der Waals surface area contributed by atoms with E-state index in [1.165, 1.54) is 48.0 Å². The van der Waals surface area contributed by atoms with Gasteiger partial charge in [0.15, 0.2) is 0 Å². The molecule has 6 rings (SSSR count). The van der Waals surface area contributed by atoms with Gasteiger partial charge in [-0.1, -0.05) is 103 Å². The van der Waals surface area contributed by atoms with Crippen LogP contribution in [0.15, 0.2) is 103 Å². The molecule has 31 heavy (non-hydrogen) atoms. The van der Waals surface area contributed by atoms with E-state index >= 15 is 0 Å². The molecule has 0 aliphatic carbocycles. The minimum Gasteiger partial charge on any atom is -0.346 e. The molecule has 1 atom stereocenters. The van der Waals surface area contributed by atoms with E-state index in [4.69, 9.17) is 0 Å². The van der Waals surface area contributed by atoms with Gasteiger partial charge in [-0.25, -0.2) is 0 Å². The predicted octanol–water partition coefficient (Wildman–Crippen LogP) is 5.83. The first-order valence-electron chi connectivity index (χ1n) is 10.9. The number of hydrogen-bond acceptors (Lipinski definition) is 1. The van der Waals surface area contributed by atoms with Crippen molar-refractivity contribution in [2.75, 3.05) is 0 Å². The second-order valence-corrected chi connectivity index (χ2v) is 8.29. The standard InChI is InChI=1S/C30H23N/c1-21(22-9-3-2-4-10-22)31-19-25-17-15-23-11-5-7-13-27(23)29(25)30-26(20-31)18-16-24-12-6-8-14-28(24)30/h2-21H,1H3. The molecule has 0 radical (unpaired) electrons. The Hall–Kier alpha value is -3.84. The molecule has 0 spiro atoms. The lowest BCUT2D eigenvalue weighted by atomic mass is 10.0. The van der Waals surface area contributed by atoms with E-state index in [1.807, 2.05) is 0 Å². The molecule has 1 heteroatoms.